The number of nitrogens with zero attached hydrogens (tertiary/aromatic N) is 2. The molecular formula is C7H11N3O3S. The van der Waals surface area contributed by atoms with Crippen molar-refractivity contribution >= 4 is 22.6 Å². The van der Waals surface area contributed by atoms with Gasteiger partial charge in [-0.2, -0.15) is 9.19 Å². The van der Waals surface area contributed by atoms with Gasteiger partial charge in [-0.15, -0.1) is 0 Å². The number of nitrogens with two attached hydrogens (primary N) is 1. The second kappa shape index (κ2) is 3.79. The molecule has 0 aliphatic rings. The van der Waals surface area contributed by atoms with Crippen LogP contribution in [0.1, 0.15) is 24.3 Å². The summed E-state index contributed by atoms with van der Waals surface area (Å²) in [6, 6.07) is 0. The first-order chi connectivity index (χ1) is 6.43. The molecule has 0 fully saturated rings. The molecule has 14 heavy (non-hydrogen) atoms. The normalized spacial score (nSPS) is 13.1. The van der Waals surface area contributed by atoms with Gasteiger partial charge in [0.2, 0.25) is 0 Å². The van der Waals surface area contributed by atoms with Crippen LogP contribution in [0.3, 0.4) is 0 Å². The molecule has 7 heteroatoms. The second-order valence-corrected chi connectivity index (χ2v) is 4.83. The van der Waals surface area contributed by atoms with Gasteiger partial charge < -0.3 is 10.8 Å². The molecule has 1 heterocycles. The molecule has 1 rings (SSSR count). The molecular weight excluding hydrogens is 206 g/mol. The van der Waals surface area contributed by atoms with E-state index in [0.717, 1.165) is 4.09 Å². The van der Waals surface area contributed by atoms with E-state index >= 15 is 0 Å². The molecule has 0 aromatic carbocycles. The Morgan fingerprint density at radius 1 is 1.71 bits per heavy atom. The number of anilines is 1. The lowest BCUT2D eigenvalue weighted by Crippen LogP contribution is -2.15. The van der Waals surface area contributed by atoms with Crippen molar-refractivity contribution in [3.05, 3.63) is 11.9 Å². The highest BCUT2D eigenvalue weighted by Gasteiger charge is 2.17. The van der Waals surface area contributed by atoms with Gasteiger partial charge in [-0.1, -0.05) is 0 Å². The van der Waals surface area contributed by atoms with Crippen molar-refractivity contribution in [3.8, 4) is 0 Å². The first-order valence-corrected chi connectivity index (χ1v) is 5.10. The Hall–Kier alpha value is -1.37. The van der Waals surface area contributed by atoms with Crippen molar-refractivity contribution in [3.63, 3.8) is 0 Å². The number of aromatic nitrogens is 2. The zero-order chi connectivity index (χ0) is 10.9. The minimum Gasteiger partial charge on any atom is -0.476 e. The fourth-order valence-electron chi connectivity index (χ4n) is 0.840. The van der Waals surface area contributed by atoms with E-state index in [1.54, 1.807) is 13.8 Å². The topological polar surface area (TPSA) is 98.2 Å². The van der Waals surface area contributed by atoms with Crippen molar-refractivity contribution in [2.24, 2.45) is 0 Å². The highest BCUT2D eigenvalue weighted by atomic mass is 32.2. The van der Waals surface area contributed by atoms with Gasteiger partial charge in [-0.05, 0) is 13.8 Å². The van der Waals surface area contributed by atoms with Crippen LogP contribution in [0.15, 0.2) is 6.20 Å². The molecule has 3 N–H and O–H groups in total. The third-order valence-corrected chi connectivity index (χ3v) is 2.87. The molecule has 0 amide bonds. The highest BCUT2D eigenvalue weighted by molar-refractivity contribution is 7.83. The van der Waals surface area contributed by atoms with Gasteiger partial charge in [0, 0.05) is 0 Å². The van der Waals surface area contributed by atoms with Crippen molar-refractivity contribution in [1.29, 1.82) is 0 Å². The molecule has 1 atom stereocenters. The molecule has 1 aromatic heterocycles. The maximum absolute atomic E-state index is 11.5. The lowest BCUT2D eigenvalue weighted by atomic mass is 10.4. The first-order valence-electron chi connectivity index (χ1n) is 3.93. The Morgan fingerprint density at radius 2 is 2.29 bits per heavy atom. The number of rotatable bonds is 3. The fraction of sp³-hybridized carbons (Fsp3) is 0.429. The smallest absolute Gasteiger partial charge is 0.358 e. The molecule has 0 saturated carbocycles. The molecule has 6 nitrogen and oxygen atoms in total. The van der Waals surface area contributed by atoms with E-state index in [4.69, 9.17) is 10.8 Å². The zero-order valence-electron chi connectivity index (χ0n) is 7.80. The SMILES string of the molecule is CC(C)S(=O)n1cc(N)c(C(=O)O)n1. The third kappa shape index (κ3) is 1.92. The summed E-state index contributed by atoms with van der Waals surface area (Å²) in [4.78, 5) is 10.6. The summed E-state index contributed by atoms with van der Waals surface area (Å²) in [5, 5.41) is 12.1. The molecule has 1 aromatic rings. The van der Waals surface area contributed by atoms with E-state index in [1.807, 2.05) is 0 Å². The summed E-state index contributed by atoms with van der Waals surface area (Å²) in [7, 11) is -1.38. The summed E-state index contributed by atoms with van der Waals surface area (Å²) in [5.74, 6) is -1.22. The van der Waals surface area contributed by atoms with E-state index in [0.29, 0.717) is 0 Å². The van der Waals surface area contributed by atoms with Gasteiger partial charge in [0.25, 0.3) is 0 Å². The molecule has 0 saturated heterocycles. The van der Waals surface area contributed by atoms with Crippen molar-refractivity contribution in [1.82, 2.24) is 9.19 Å². The lowest BCUT2D eigenvalue weighted by molar-refractivity contribution is 0.0691. The number of carbonyl (C=O) groups is 1. The monoisotopic (exact) mass is 217 g/mol. The van der Waals surface area contributed by atoms with Gasteiger partial charge in [-0.3, -0.25) is 0 Å². The van der Waals surface area contributed by atoms with E-state index < -0.39 is 17.0 Å². The Labute approximate surface area is 83.3 Å². The zero-order valence-corrected chi connectivity index (χ0v) is 8.61. The average Bonchev–Trinajstić information content (AvgIpc) is 2.45. The van der Waals surface area contributed by atoms with Gasteiger partial charge in [0.05, 0.1) is 17.1 Å². The van der Waals surface area contributed by atoms with Crippen LogP contribution in [-0.4, -0.2) is 29.7 Å². The molecule has 0 radical (unpaired) electrons. The van der Waals surface area contributed by atoms with Gasteiger partial charge in [0.1, 0.15) is 11.0 Å². The first kappa shape index (κ1) is 10.7. The fourth-order valence-corrected chi connectivity index (χ4v) is 1.65. The lowest BCUT2D eigenvalue weighted by Gasteiger charge is -2.02. The average molecular weight is 217 g/mol. The van der Waals surface area contributed by atoms with E-state index in [-0.39, 0.29) is 16.6 Å². The summed E-state index contributed by atoms with van der Waals surface area (Å²) in [6.45, 7) is 3.49. The van der Waals surface area contributed by atoms with Crippen LogP contribution in [0.25, 0.3) is 0 Å². The molecule has 1 unspecified atom stereocenters. The number of hydrogen-bond acceptors (Lipinski definition) is 4. The van der Waals surface area contributed by atoms with Gasteiger partial charge in [0.15, 0.2) is 5.69 Å². The minimum atomic E-state index is -1.38. The van der Waals surface area contributed by atoms with Crippen LogP contribution in [0.2, 0.25) is 0 Å². The third-order valence-electron chi connectivity index (χ3n) is 1.51. The van der Waals surface area contributed by atoms with Crippen molar-refractivity contribution in [2.75, 3.05) is 5.73 Å². The van der Waals surface area contributed by atoms with Crippen LogP contribution in [0, 0.1) is 0 Å². The highest BCUT2D eigenvalue weighted by Crippen LogP contribution is 2.10. The quantitative estimate of drug-likeness (QED) is 0.747. The molecule has 0 spiro atoms. The number of carboxylic acid groups (broad SMARTS) is 1. The van der Waals surface area contributed by atoms with Gasteiger partial charge >= 0.3 is 5.97 Å². The number of aromatic carboxylic acids is 1. The minimum absolute atomic E-state index is 0.0199. The summed E-state index contributed by atoms with van der Waals surface area (Å²) < 4.78 is 12.6. The predicted octanol–water partition coefficient (Wildman–Crippen LogP) is 0.0837. The number of hydrogen-bond donors (Lipinski definition) is 2. The van der Waals surface area contributed by atoms with Gasteiger partial charge in [-0.25, -0.2) is 9.00 Å². The van der Waals surface area contributed by atoms with Crippen molar-refractivity contribution < 1.29 is 14.1 Å². The number of carboxylic acids is 1. The summed E-state index contributed by atoms with van der Waals surface area (Å²) in [5.41, 5.74) is 5.14. The van der Waals surface area contributed by atoms with Crippen LogP contribution in [0.5, 0.6) is 0 Å². The molecule has 0 aliphatic heterocycles. The van der Waals surface area contributed by atoms with Crippen LogP contribution in [-0.2, 0) is 11.0 Å². The molecule has 0 bridgehead atoms. The summed E-state index contributed by atoms with van der Waals surface area (Å²) in [6.07, 6.45) is 1.26. The van der Waals surface area contributed by atoms with Crippen LogP contribution >= 0.6 is 0 Å². The standard InChI is InChI=1S/C7H11N3O3S/c1-4(2)14(13)10-3-5(8)6(9-10)7(11)12/h3-4H,8H2,1-2H3,(H,11,12). The Kier molecular flexibility index (Phi) is 2.90. The Bertz CT molecular complexity index is 386. The van der Waals surface area contributed by atoms with E-state index in [9.17, 15) is 9.00 Å². The molecule has 0 aliphatic carbocycles. The maximum atomic E-state index is 11.5. The molecule has 78 valence electrons. The summed E-state index contributed by atoms with van der Waals surface area (Å²) >= 11 is 0. The van der Waals surface area contributed by atoms with E-state index in [1.165, 1.54) is 6.20 Å². The Morgan fingerprint density at radius 3 is 2.64 bits per heavy atom. The van der Waals surface area contributed by atoms with Crippen LogP contribution < -0.4 is 5.73 Å². The second-order valence-electron chi connectivity index (χ2n) is 2.97. The predicted molar refractivity (Wildman–Crippen MR) is 52.3 cm³/mol. The van der Waals surface area contributed by atoms with Crippen molar-refractivity contribution in [2.45, 2.75) is 19.1 Å². The largest absolute Gasteiger partial charge is 0.476 e. The van der Waals surface area contributed by atoms with Crippen LogP contribution in [0.4, 0.5) is 5.69 Å². The maximum Gasteiger partial charge on any atom is 0.358 e. The number of nitrogen functional groups attached to an aromatic ring is 1. The van der Waals surface area contributed by atoms with E-state index in [2.05, 4.69) is 5.10 Å². The Balaban J connectivity index is 3.09.